The van der Waals surface area contributed by atoms with E-state index in [1.807, 2.05) is 27.7 Å². The van der Waals surface area contributed by atoms with Crippen LogP contribution in [0.3, 0.4) is 0 Å². The van der Waals surface area contributed by atoms with Crippen LogP contribution in [-0.4, -0.2) is 47.7 Å². The molecule has 94 valence electrons. The fourth-order valence-corrected chi connectivity index (χ4v) is 1.19. The van der Waals surface area contributed by atoms with Crippen molar-refractivity contribution in [2.24, 2.45) is 5.92 Å². The van der Waals surface area contributed by atoms with Gasteiger partial charge in [-0.2, -0.15) is 0 Å². The molecule has 0 saturated heterocycles. The lowest BCUT2D eigenvalue weighted by Gasteiger charge is -2.23. The van der Waals surface area contributed by atoms with Gasteiger partial charge in [0.1, 0.15) is 13.2 Å². The molecule has 0 radical (unpaired) electrons. The van der Waals surface area contributed by atoms with Crippen molar-refractivity contribution in [3.05, 3.63) is 0 Å². The van der Waals surface area contributed by atoms with Crippen molar-refractivity contribution in [3.8, 4) is 0 Å². The standard InChI is InChI=1S/C11H21NO4/c1-8(2)5-12(6-11(14)15)10(13)7-16-9(3)4/h8-9H,5-7H2,1-4H3,(H,14,15). The molecule has 0 spiro atoms. The van der Waals surface area contributed by atoms with Crippen LogP contribution in [-0.2, 0) is 14.3 Å². The Labute approximate surface area is 96.4 Å². The number of carboxylic acid groups (broad SMARTS) is 1. The second kappa shape index (κ2) is 7.22. The molecule has 0 aromatic heterocycles. The molecule has 0 aliphatic rings. The molecule has 0 aliphatic carbocycles. The Kier molecular flexibility index (Phi) is 6.72. The maximum Gasteiger partial charge on any atom is 0.323 e. The number of rotatable bonds is 7. The molecular weight excluding hydrogens is 210 g/mol. The fourth-order valence-electron chi connectivity index (χ4n) is 1.19. The van der Waals surface area contributed by atoms with Crippen molar-refractivity contribution in [1.82, 2.24) is 4.90 Å². The van der Waals surface area contributed by atoms with Crippen LogP contribution >= 0.6 is 0 Å². The molecule has 0 aliphatic heterocycles. The number of ether oxygens (including phenoxy) is 1. The first-order valence-electron chi connectivity index (χ1n) is 5.44. The van der Waals surface area contributed by atoms with E-state index >= 15 is 0 Å². The Morgan fingerprint density at radius 3 is 2.19 bits per heavy atom. The van der Waals surface area contributed by atoms with E-state index in [0.29, 0.717) is 6.54 Å². The smallest absolute Gasteiger partial charge is 0.323 e. The van der Waals surface area contributed by atoms with E-state index in [-0.39, 0.29) is 31.1 Å². The molecule has 1 amide bonds. The van der Waals surface area contributed by atoms with Gasteiger partial charge in [0.2, 0.25) is 5.91 Å². The lowest BCUT2D eigenvalue weighted by Crippen LogP contribution is -2.40. The molecule has 0 aromatic carbocycles. The van der Waals surface area contributed by atoms with Crippen LogP contribution in [0, 0.1) is 5.92 Å². The number of carbonyl (C=O) groups excluding carboxylic acids is 1. The quantitative estimate of drug-likeness (QED) is 0.709. The van der Waals surface area contributed by atoms with Crippen molar-refractivity contribution in [2.75, 3.05) is 19.7 Å². The Hall–Kier alpha value is -1.10. The summed E-state index contributed by atoms with van der Waals surface area (Å²) >= 11 is 0. The maximum atomic E-state index is 11.7. The molecule has 0 rings (SSSR count). The van der Waals surface area contributed by atoms with Gasteiger partial charge in [-0.3, -0.25) is 9.59 Å². The Morgan fingerprint density at radius 1 is 1.25 bits per heavy atom. The monoisotopic (exact) mass is 231 g/mol. The zero-order chi connectivity index (χ0) is 12.7. The van der Waals surface area contributed by atoms with E-state index in [9.17, 15) is 9.59 Å². The van der Waals surface area contributed by atoms with Gasteiger partial charge in [0.05, 0.1) is 6.10 Å². The predicted octanol–water partition coefficient (Wildman–Crippen LogP) is 0.981. The molecule has 0 unspecified atom stereocenters. The van der Waals surface area contributed by atoms with E-state index in [4.69, 9.17) is 9.84 Å². The van der Waals surface area contributed by atoms with Gasteiger partial charge in [-0.15, -0.1) is 0 Å². The van der Waals surface area contributed by atoms with Crippen LogP contribution in [0.1, 0.15) is 27.7 Å². The van der Waals surface area contributed by atoms with Crippen molar-refractivity contribution in [1.29, 1.82) is 0 Å². The SMILES string of the molecule is CC(C)CN(CC(=O)O)C(=O)COC(C)C. The molecule has 1 N–H and O–H groups in total. The summed E-state index contributed by atoms with van der Waals surface area (Å²) in [7, 11) is 0. The topological polar surface area (TPSA) is 66.8 Å². The molecule has 5 nitrogen and oxygen atoms in total. The third-order valence-corrected chi connectivity index (χ3v) is 1.80. The zero-order valence-corrected chi connectivity index (χ0v) is 10.4. The van der Waals surface area contributed by atoms with Crippen LogP contribution in [0.4, 0.5) is 0 Å². The summed E-state index contributed by atoms with van der Waals surface area (Å²) in [5, 5.41) is 8.69. The van der Waals surface area contributed by atoms with E-state index in [2.05, 4.69) is 0 Å². The van der Waals surface area contributed by atoms with Crippen LogP contribution in [0.25, 0.3) is 0 Å². The number of hydrogen-bond acceptors (Lipinski definition) is 3. The van der Waals surface area contributed by atoms with Crippen LogP contribution < -0.4 is 0 Å². The summed E-state index contributed by atoms with van der Waals surface area (Å²) in [6.07, 6.45) is -0.0327. The highest BCUT2D eigenvalue weighted by Gasteiger charge is 2.18. The second-order valence-corrected chi connectivity index (χ2v) is 4.42. The molecule has 16 heavy (non-hydrogen) atoms. The third kappa shape index (κ3) is 7.23. The average molecular weight is 231 g/mol. The molecular formula is C11H21NO4. The minimum Gasteiger partial charge on any atom is -0.480 e. The summed E-state index contributed by atoms with van der Waals surface area (Å²) in [4.78, 5) is 23.6. The van der Waals surface area contributed by atoms with Gasteiger partial charge in [-0.05, 0) is 19.8 Å². The van der Waals surface area contributed by atoms with Crippen LogP contribution in [0.2, 0.25) is 0 Å². The van der Waals surface area contributed by atoms with E-state index < -0.39 is 5.97 Å². The number of nitrogens with zero attached hydrogens (tertiary/aromatic N) is 1. The van der Waals surface area contributed by atoms with Crippen LogP contribution in [0.5, 0.6) is 0 Å². The van der Waals surface area contributed by atoms with Gasteiger partial charge in [-0.25, -0.2) is 0 Å². The Bertz CT molecular complexity index is 238. The molecule has 0 saturated carbocycles. The Morgan fingerprint density at radius 2 is 1.81 bits per heavy atom. The molecule has 0 aromatic rings. The summed E-state index contributed by atoms with van der Waals surface area (Å²) in [5.41, 5.74) is 0. The van der Waals surface area contributed by atoms with Gasteiger partial charge in [0.15, 0.2) is 0 Å². The Balaban J connectivity index is 4.26. The van der Waals surface area contributed by atoms with Crippen LogP contribution in [0.15, 0.2) is 0 Å². The summed E-state index contributed by atoms with van der Waals surface area (Å²) < 4.78 is 5.16. The van der Waals surface area contributed by atoms with Gasteiger partial charge in [-0.1, -0.05) is 13.8 Å². The number of hydrogen-bond donors (Lipinski definition) is 1. The highest BCUT2D eigenvalue weighted by Crippen LogP contribution is 2.00. The van der Waals surface area contributed by atoms with Gasteiger partial charge in [0.25, 0.3) is 0 Å². The highest BCUT2D eigenvalue weighted by atomic mass is 16.5. The number of amides is 1. The lowest BCUT2D eigenvalue weighted by molar-refractivity contribution is -0.147. The lowest BCUT2D eigenvalue weighted by atomic mass is 10.2. The molecule has 0 fully saturated rings. The van der Waals surface area contributed by atoms with Crippen molar-refractivity contribution in [2.45, 2.75) is 33.8 Å². The van der Waals surface area contributed by atoms with Gasteiger partial charge < -0.3 is 14.7 Å². The minimum atomic E-state index is -1.00. The van der Waals surface area contributed by atoms with Gasteiger partial charge >= 0.3 is 5.97 Å². The molecule has 0 bridgehead atoms. The maximum absolute atomic E-state index is 11.7. The zero-order valence-electron chi connectivity index (χ0n) is 10.4. The summed E-state index contributed by atoms with van der Waals surface area (Å²) in [6, 6.07) is 0. The van der Waals surface area contributed by atoms with Crippen molar-refractivity contribution < 1.29 is 19.4 Å². The molecule has 5 heteroatoms. The molecule has 0 heterocycles. The van der Waals surface area contributed by atoms with E-state index in [1.54, 1.807) is 0 Å². The van der Waals surface area contributed by atoms with Crippen molar-refractivity contribution in [3.63, 3.8) is 0 Å². The fraction of sp³-hybridized carbons (Fsp3) is 0.818. The number of aliphatic carboxylic acids is 1. The first kappa shape index (κ1) is 14.9. The first-order valence-corrected chi connectivity index (χ1v) is 5.44. The van der Waals surface area contributed by atoms with E-state index in [0.717, 1.165) is 0 Å². The average Bonchev–Trinajstić information content (AvgIpc) is 2.11. The summed E-state index contributed by atoms with van der Waals surface area (Å²) in [6.45, 7) is 7.65. The van der Waals surface area contributed by atoms with Gasteiger partial charge in [0, 0.05) is 6.54 Å². The molecule has 0 atom stereocenters. The second-order valence-electron chi connectivity index (χ2n) is 4.42. The first-order chi connectivity index (χ1) is 7.32. The van der Waals surface area contributed by atoms with Crippen molar-refractivity contribution >= 4 is 11.9 Å². The largest absolute Gasteiger partial charge is 0.480 e. The highest BCUT2D eigenvalue weighted by molar-refractivity contribution is 5.82. The number of carboxylic acids is 1. The third-order valence-electron chi connectivity index (χ3n) is 1.80. The predicted molar refractivity (Wildman–Crippen MR) is 60.1 cm³/mol. The number of carbonyl (C=O) groups is 2. The normalized spacial score (nSPS) is 10.9. The van der Waals surface area contributed by atoms with E-state index in [1.165, 1.54) is 4.90 Å². The summed E-state index contributed by atoms with van der Waals surface area (Å²) in [5.74, 6) is -1.04. The minimum absolute atomic E-state index is 0.0327.